The zero-order chi connectivity index (χ0) is 8.48. The number of likely N-dealkylation sites (tertiary alicyclic amines) is 1. The molecule has 1 amide bonds. The van der Waals surface area contributed by atoms with Crippen molar-refractivity contribution < 1.29 is 9.18 Å². The van der Waals surface area contributed by atoms with E-state index in [0.717, 1.165) is 25.9 Å². The smallest absolute Gasteiger partial charge is 0.259 e. The third-order valence-electron chi connectivity index (χ3n) is 1.90. The molecule has 0 saturated carbocycles. The van der Waals surface area contributed by atoms with Crippen LogP contribution in [0.5, 0.6) is 0 Å². The molecule has 0 N–H and O–H groups in total. The number of halogens is 1. The molecule has 0 spiro atoms. The summed E-state index contributed by atoms with van der Waals surface area (Å²) >= 11 is 0. The normalized spacial score (nSPS) is 19.0. The molecule has 1 aliphatic heterocycles. The summed E-state index contributed by atoms with van der Waals surface area (Å²) in [6.07, 6.45) is 2.03. The minimum Gasteiger partial charge on any atom is -0.340 e. The van der Waals surface area contributed by atoms with Gasteiger partial charge in [0.05, 0.1) is 0 Å². The molecule has 0 aromatic rings. The van der Waals surface area contributed by atoms with Crippen molar-refractivity contribution in [2.24, 2.45) is 0 Å². The van der Waals surface area contributed by atoms with Gasteiger partial charge in [0, 0.05) is 13.1 Å². The molecule has 11 heavy (non-hydrogen) atoms. The SMILES string of the molecule is CC(C)(F)C(=O)N1CCCC1. The molecule has 0 bridgehead atoms. The van der Waals surface area contributed by atoms with Crippen LogP contribution in [0, 0.1) is 0 Å². The van der Waals surface area contributed by atoms with E-state index in [-0.39, 0.29) is 5.91 Å². The number of carbonyl (C=O) groups is 1. The number of nitrogens with zero attached hydrogens (tertiary/aromatic N) is 1. The molecule has 1 saturated heterocycles. The van der Waals surface area contributed by atoms with Gasteiger partial charge in [0.25, 0.3) is 5.91 Å². The highest BCUT2D eigenvalue weighted by molar-refractivity contribution is 5.84. The quantitative estimate of drug-likeness (QED) is 0.565. The molecule has 0 aromatic heterocycles. The Hall–Kier alpha value is -0.600. The zero-order valence-electron chi connectivity index (χ0n) is 7.06. The van der Waals surface area contributed by atoms with Gasteiger partial charge in [0.1, 0.15) is 0 Å². The Bertz CT molecular complexity index is 156. The molecule has 0 radical (unpaired) electrons. The zero-order valence-corrected chi connectivity index (χ0v) is 7.06. The Balaban J connectivity index is 2.53. The number of carbonyl (C=O) groups excluding carboxylic acids is 1. The molecule has 64 valence electrons. The van der Waals surface area contributed by atoms with Gasteiger partial charge in [-0.05, 0) is 26.7 Å². The lowest BCUT2D eigenvalue weighted by atomic mass is 10.1. The van der Waals surface area contributed by atoms with E-state index in [4.69, 9.17) is 0 Å². The highest BCUT2D eigenvalue weighted by atomic mass is 19.1. The molecule has 0 aromatic carbocycles. The van der Waals surface area contributed by atoms with Gasteiger partial charge in [-0.15, -0.1) is 0 Å². The van der Waals surface area contributed by atoms with E-state index in [1.165, 1.54) is 13.8 Å². The molecule has 0 atom stereocenters. The summed E-state index contributed by atoms with van der Waals surface area (Å²) in [7, 11) is 0. The second-order valence-corrected chi connectivity index (χ2v) is 3.47. The topological polar surface area (TPSA) is 20.3 Å². The number of hydrogen-bond donors (Lipinski definition) is 0. The van der Waals surface area contributed by atoms with E-state index in [9.17, 15) is 9.18 Å². The highest BCUT2D eigenvalue weighted by Crippen LogP contribution is 2.17. The van der Waals surface area contributed by atoms with E-state index >= 15 is 0 Å². The molecule has 3 heteroatoms. The minimum atomic E-state index is -1.69. The van der Waals surface area contributed by atoms with Gasteiger partial charge < -0.3 is 4.90 Å². The molecular formula is C8H14FNO. The molecule has 2 nitrogen and oxygen atoms in total. The summed E-state index contributed by atoms with van der Waals surface area (Å²) in [6, 6.07) is 0. The molecule has 0 unspecified atom stereocenters. The summed E-state index contributed by atoms with van der Waals surface area (Å²) in [5.41, 5.74) is -1.69. The van der Waals surface area contributed by atoms with Crippen LogP contribution >= 0.6 is 0 Å². The Labute approximate surface area is 66.4 Å². The summed E-state index contributed by atoms with van der Waals surface area (Å²) in [6.45, 7) is 4.08. The number of amides is 1. The molecular weight excluding hydrogens is 145 g/mol. The van der Waals surface area contributed by atoms with Crippen molar-refractivity contribution in [2.45, 2.75) is 32.4 Å². The van der Waals surface area contributed by atoms with E-state index in [2.05, 4.69) is 0 Å². The van der Waals surface area contributed by atoms with Gasteiger partial charge in [-0.25, -0.2) is 4.39 Å². The van der Waals surface area contributed by atoms with Crippen LogP contribution in [0.15, 0.2) is 0 Å². The third-order valence-corrected chi connectivity index (χ3v) is 1.90. The van der Waals surface area contributed by atoms with Gasteiger partial charge >= 0.3 is 0 Å². The van der Waals surface area contributed by atoms with E-state index < -0.39 is 5.67 Å². The molecule has 1 aliphatic rings. The van der Waals surface area contributed by atoms with Crippen LogP contribution in [0.3, 0.4) is 0 Å². The van der Waals surface area contributed by atoms with Gasteiger partial charge in [0.15, 0.2) is 5.67 Å². The lowest BCUT2D eigenvalue weighted by molar-refractivity contribution is -0.140. The van der Waals surface area contributed by atoms with Crippen molar-refractivity contribution in [3.8, 4) is 0 Å². The first-order chi connectivity index (χ1) is 5.02. The van der Waals surface area contributed by atoms with Crippen molar-refractivity contribution in [3.63, 3.8) is 0 Å². The van der Waals surface area contributed by atoms with Crippen LogP contribution in [-0.4, -0.2) is 29.6 Å². The second kappa shape index (κ2) is 2.80. The van der Waals surface area contributed by atoms with Crippen molar-refractivity contribution in [3.05, 3.63) is 0 Å². The Morgan fingerprint density at radius 2 is 1.82 bits per heavy atom. The molecule has 1 fully saturated rings. The Kier molecular flexibility index (Phi) is 2.16. The second-order valence-electron chi connectivity index (χ2n) is 3.47. The van der Waals surface area contributed by atoms with Crippen LogP contribution in [0.25, 0.3) is 0 Å². The van der Waals surface area contributed by atoms with Gasteiger partial charge in [-0.2, -0.15) is 0 Å². The fourth-order valence-electron chi connectivity index (χ4n) is 1.30. The Morgan fingerprint density at radius 3 is 2.18 bits per heavy atom. The maximum Gasteiger partial charge on any atom is 0.259 e. The van der Waals surface area contributed by atoms with E-state index in [0.29, 0.717) is 0 Å². The first-order valence-corrected chi connectivity index (χ1v) is 4.00. The standard InChI is InChI=1S/C8H14FNO/c1-8(2,9)7(11)10-5-3-4-6-10/h3-6H2,1-2H3. The van der Waals surface area contributed by atoms with Crippen molar-refractivity contribution in [1.29, 1.82) is 0 Å². The number of rotatable bonds is 1. The van der Waals surface area contributed by atoms with Gasteiger partial charge in [-0.1, -0.05) is 0 Å². The minimum absolute atomic E-state index is 0.366. The largest absolute Gasteiger partial charge is 0.340 e. The first-order valence-electron chi connectivity index (χ1n) is 4.00. The van der Waals surface area contributed by atoms with Crippen LogP contribution in [-0.2, 0) is 4.79 Å². The number of alkyl halides is 1. The average Bonchev–Trinajstić information content (AvgIpc) is 2.34. The summed E-state index contributed by atoms with van der Waals surface area (Å²) in [5.74, 6) is -0.366. The van der Waals surface area contributed by atoms with Crippen LogP contribution in [0.2, 0.25) is 0 Å². The lowest BCUT2D eigenvalue weighted by Crippen LogP contribution is -2.40. The Morgan fingerprint density at radius 1 is 1.36 bits per heavy atom. The predicted molar refractivity (Wildman–Crippen MR) is 41.0 cm³/mol. The van der Waals surface area contributed by atoms with Crippen molar-refractivity contribution >= 4 is 5.91 Å². The average molecular weight is 159 g/mol. The maximum atomic E-state index is 13.0. The summed E-state index contributed by atoms with van der Waals surface area (Å²) in [4.78, 5) is 12.8. The van der Waals surface area contributed by atoms with E-state index in [1.807, 2.05) is 0 Å². The highest BCUT2D eigenvalue weighted by Gasteiger charge is 2.32. The fourth-order valence-corrected chi connectivity index (χ4v) is 1.30. The van der Waals surface area contributed by atoms with E-state index in [1.54, 1.807) is 4.90 Å². The predicted octanol–water partition coefficient (Wildman–Crippen LogP) is 1.36. The number of hydrogen-bond acceptors (Lipinski definition) is 1. The third kappa shape index (κ3) is 1.91. The van der Waals surface area contributed by atoms with Crippen LogP contribution in [0.1, 0.15) is 26.7 Å². The summed E-state index contributed by atoms with van der Waals surface area (Å²) in [5, 5.41) is 0. The van der Waals surface area contributed by atoms with Crippen LogP contribution < -0.4 is 0 Å². The van der Waals surface area contributed by atoms with Crippen LogP contribution in [0.4, 0.5) is 4.39 Å². The summed E-state index contributed by atoms with van der Waals surface area (Å²) < 4.78 is 13.0. The van der Waals surface area contributed by atoms with Crippen molar-refractivity contribution in [1.82, 2.24) is 4.90 Å². The first kappa shape index (κ1) is 8.50. The van der Waals surface area contributed by atoms with Gasteiger partial charge in [0.2, 0.25) is 0 Å². The molecule has 1 heterocycles. The fraction of sp³-hybridized carbons (Fsp3) is 0.875. The maximum absolute atomic E-state index is 13.0. The lowest BCUT2D eigenvalue weighted by Gasteiger charge is -2.21. The molecule has 0 aliphatic carbocycles. The molecule has 1 rings (SSSR count). The van der Waals surface area contributed by atoms with Gasteiger partial charge in [-0.3, -0.25) is 4.79 Å². The monoisotopic (exact) mass is 159 g/mol. The van der Waals surface area contributed by atoms with Crippen molar-refractivity contribution in [2.75, 3.05) is 13.1 Å².